The van der Waals surface area contributed by atoms with E-state index in [0.717, 1.165) is 57.8 Å². The summed E-state index contributed by atoms with van der Waals surface area (Å²) in [5, 5.41) is 72.2. The van der Waals surface area contributed by atoms with Crippen LogP contribution in [0.15, 0.2) is 24.3 Å². The summed E-state index contributed by atoms with van der Waals surface area (Å²) in [5.41, 5.74) is 0. The molecule has 2 rings (SSSR count). The summed E-state index contributed by atoms with van der Waals surface area (Å²) in [6, 6.07) is 0. The van der Waals surface area contributed by atoms with Gasteiger partial charge in [-0.3, -0.25) is 9.59 Å². The predicted molar refractivity (Wildman–Crippen MR) is 271 cm³/mol. The molecule has 0 saturated carbocycles. The van der Waals surface area contributed by atoms with E-state index < -0.39 is 92.7 Å². The van der Waals surface area contributed by atoms with Crippen molar-refractivity contribution in [3.8, 4) is 0 Å². The second-order valence-corrected chi connectivity index (χ2v) is 19.8. The fourth-order valence-corrected chi connectivity index (χ4v) is 8.80. The van der Waals surface area contributed by atoms with Crippen LogP contribution in [0.1, 0.15) is 219 Å². The van der Waals surface area contributed by atoms with E-state index in [1.165, 1.54) is 122 Å². The van der Waals surface area contributed by atoms with Crippen molar-refractivity contribution in [1.82, 2.24) is 0 Å². The number of rotatable bonds is 44. The minimum absolute atomic E-state index is 0.165. The van der Waals surface area contributed by atoms with Crippen LogP contribution in [0.2, 0.25) is 0 Å². The SMILES string of the molecule is CCCCCC/C=C/CCCCCCCC(=O)OC[C@H](CO[C@H]1O[C@@H](CO[C@H]2O[C@@H](CO)[C@@H](O)C(O)C2O)[C@@H](O)C(O)C1O)OC(=O)CCCCCCCCCCCCC/C=C/CCCCCCCC. The number of aliphatic hydroxyl groups excluding tert-OH is 7. The Hall–Kier alpha value is -2.02. The van der Waals surface area contributed by atoms with Gasteiger partial charge in [-0.2, -0.15) is 0 Å². The number of aliphatic hydroxyl groups is 7. The number of hydrogen-bond acceptors (Lipinski definition) is 15. The van der Waals surface area contributed by atoms with E-state index in [0.29, 0.717) is 12.8 Å². The maximum atomic E-state index is 13.0. The Bertz CT molecular complexity index is 1310. The molecule has 2 saturated heterocycles. The Labute approximate surface area is 422 Å². The van der Waals surface area contributed by atoms with Gasteiger partial charge < -0.3 is 64.2 Å². The van der Waals surface area contributed by atoms with Crippen LogP contribution >= 0.6 is 0 Å². The zero-order valence-corrected chi connectivity index (χ0v) is 43.5. The quantitative estimate of drug-likeness (QED) is 0.0172. The summed E-state index contributed by atoms with van der Waals surface area (Å²) in [6.07, 6.45) is 27.7. The van der Waals surface area contributed by atoms with E-state index in [1.807, 2.05) is 0 Å². The third-order valence-electron chi connectivity index (χ3n) is 13.4. The molecule has 15 heteroatoms. The molecule has 2 fully saturated rings. The van der Waals surface area contributed by atoms with Crippen LogP contribution in [0.4, 0.5) is 0 Å². The van der Waals surface area contributed by atoms with Gasteiger partial charge in [-0.05, 0) is 64.2 Å². The molecule has 0 spiro atoms. The highest BCUT2D eigenvalue weighted by atomic mass is 16.7. The van der Waals surface area contributed by atoms with Crippen molar-refractivity contribution in [2.45, 2.75) is 287 Å². The van der Waals surface area contributed by atoms with Crippen molar-refractivity contribution in [1.29, 1.82) is 0 Å². The van der Waals surface area contributed by atoms with Gasteiger partial charge >= 0.3 is 11.9 Å². The second-order valence-electron chi connectivity index (χ2n) is 19.8. The topological polar surface area (TPSA) is 231 Å². The first-order valence-corrected chi connectivity index (χ1v) is 27.9. The first-order valence-electron chi connectivity index (χ1n) is 27.9. The van der Waals surface area contributed by atoms with Gasteiger partial charge in [0.25, 0.3) is 0 Å². The summed E-state index contributed by atoms with van der Waals surface area (Å²) in [7, 11) is 0. The van der Waals surface area contributed by atoms with E-state index in [4.69, 9.17) is 28.4 Å². The van der Waals surface area contributed by atoms with E-state index in [9.17, 15) is 45.3 Å². The van der Waals surface area contributed by atoms with Crippen molar-refractivity contribution >= 4 is 11.9 Å². The lowest BCUT2D eigenvalue weighted by molar-refractivity contribution is -0.332. The molecule has 0 bridgehead atoms. The summed E-state index contributed by atoms with van der Waals surface area (Å²) < 4.78 is 33.6. The van der Waals surface area contributed by atoms with E-state index >= 15 is 0 Å². The van der Waals surface area contributed by atoms with Gasteiger partial charge in [-0.1, -0.05) is 167 Å². The molecule has 2 aliphatic heterocycles. The first kappa shape index (κ1) is 64.1. The standard InChI is InChI=1S/C55H100O15/c1-3-5-7-9-11-13-15-17-18-19-20-21-22-23-24-26-28-30-32-34-36-38-47(58)68-43(40-65-46(57)37-35-33-31-29-27-25-16-14-12-10-8-6-4-2)41-66-54-53(64)51(62)49(60)45(70-54)42-67-55-52(63)50(61)48(59)44(39-56)69-55/h14,16-18,43-45,48-56,59-64H,3-13,15,19-42H2,1-2H3/b16-14+,18-17+/t43-,44+,45+,48-,49-,50?,51?,52?,53?,54+,55+/m1/s1. The maximum Gasteiger partial charge on any atom is 0.306 e. The highest BCUT2D eigenvalue weighted by Gasteiger charge is 2.47. The van der Waals surface area contributed by atoms with Gasteiger partial charge in [-0.25, -0.2) is 0 Å². The zero-order chi connectivity index (χ0) is 51.0. The van der Waals surface area contributed by atoms with Crippen molar-refractivity contribution in [2.75, 3.05) is 26.4 Å². The molecule has 4 unspecified atom stereocenters. The molecule has 0 radical (unpaired) electrons. The molecular formula is C55H100O15. The largest absolute Gasteiger partial charge is 0.462 e. The molecule has 2 aliphatic rings. The lowest BCUT2D eigenvalue weighted by Gasteiger charge is -2.42. The Balaban J connectivity index is 1.76. The highest BCUT2D eigenvalue weighted by molar-refractivity contribution is 5.70. The average Bonchev–Trinajstić information content (AvgIpc) is 3.35. The van der Waals surface area contributed by atoms with Crippen LogP contribution in [-0.4, -0.2) is 142 Å². The highest BCUT2D eigenvalue weighted by Crippen LogP contribution is 2.27. The van der Waals surface area contributed by atoms with Gasteiger partial charge in [0.2, 0.25) is 0 Å². The molecular weight excluding hydrogens is 901 g/mol. The molecule has 0 aromatic rings. The fraction of sp³-hybridized carbons (Fsp3) is 0.891. The monoisotopic (exact) mass is 1000 g/mol. The van der Waals surface area contributed by atoms with Gasteiger partial charge in [0, 0.05) is 12.8 Å². The number of unbranched alkanes of at least 4 members (excludes halogenated alkanes) is 26. The normalized spacial score (nSPS) is 25.5. The number of esters is 2. The Kier molecular flexibility index (Phi) is 38.8. The maximum absolute atomic E-state index is 13.0. The van der Waals surface area contributed by atoms with E-state index in [2.05, 4.69) is 38.2 Å². The smallest absolute Gasteiger partial charge is 0.306 e. The van der Waals surface area contributed by atoms with Gasteiger partial charge in [0.1, 0.15) is 55.4 Å². The van der Waals surface area contributed by atoms with Crippen molar-refractivity contribution in [3.63, 3.8) is 0 Å². The molecule has 410 valence electrons. The summed E-state index contributed by atoms with van der Waals surface area (Å²) in [5.74, 6) is -0.928. The predicted octanol–water partition coefficient (Wildman–Crippen LogP) is 8.72. The molecule has 2 heterocycles. The number of allylic oxidation sites excluding steroid dienone is 4. The Morgan fingerprint density at radius 2 is 0.814 bits per heavy atom. The average molecular weight is 1000 g/mol. The van der Waals surface area contributed by atoms with Crippen LogP contribution in [0.5, 0.6) is 0 Å². The zero-order valence-electron chi connectivity index (χ0n) is 43.5. The van der Waals surface area contributed by atoms with Gasteiger partial charge in [0.15, 0.2) is 18.7 Å². The number of carbonyl (C=O) groups excluding carboxylic acids is 2. The number of ether oxygens (including phenoxy) is 6. The molecule has 0 aromatic carbocycles. The van der Waals surface area contributed by atoms with Crippen molar-refractivity contribution < 1.29 is 73.8 Å². The van der Waals surface area contributed by atoms with Gasteiger partial charge in [-0.15, -0.1) is 0 Å². The second kappa shape index (κ2) is 42.3. The van der Waals surface area contributed by atoms with Crippen molar-refractivity contribution in [3.05, 3.63) is 24.3 Å². The van der Waals surface area contributed by atoms with Crippen LogP contribution in [0.25, 0.3) is 0 Å². The molecule has 0 amide bonds. The van der Waals surface area contributed by atoms with Crippen LogP contribution in [0.3, 0.4) is 0 Å². The van der Waals surface area contributed by atoms with Crippen LogP contribution in [-0.2, 0) is 38.0 Å². The molecule has 0 aliphatic carbocycles. The molecule has 15 nitrogen and oxygen atoms in total. The molecule has 70 heavy (non-hydrogen) atoms. The lowest BCUT2D eigenvalue weighted by atomic mass is 9.98. The Morgan fingerprint density at radius 1 is 0.443 bits per heavy atom. The third-order valence-corrected chi connectivity index (χ3v) is 13.4. The molecule has 0 aromatic heterocycles. The third kappa shape index (κ3) is 29.6. The fourth-order valence-electron chi connectivity index (χ4n) is 8.80. The molecule has 7 N–H and O–H groups in total. The minimum Gasteiger partial charge on any atom is -0.462 e. The summed E-state index contributed by atoms with van der Waals surface area (Å²) in [6.45, 7) is 2.59. The molecule has 11 atom stereocenters. The summed E-state index contributed by atoms with van der Waals surface area (Å²) in [4.78, 5) is 25.8. The number of hydrogen-bond donors (Lipinski definition) is 7. The number of carbonyl (C=O) groups is 2. The van der Waals surface area contributed by atoms with E-state index in [1.54, 1.807) is 0 Å². The van der Waals surface area contributed by atoms with Crippen LogP contribution in [0, 0.1) is 0 Å². The van der Waals surface area contributed by atoms with Crippen LogP contribution < -0.4 is 0 Å². The minimum atomic E-state index is -1.76. The van der Waals surface area contributed by atoms with Crippen molar-refractivity contribution in [2.24, 2.45) is 0 Å². The first-order chi connectivity index (χ1) is 34.0. The summed E-state index contributed by atoms with van der Waals surface area (Å²) >= 11 is 0. The van der Waals surface area contributed by atoms with Gasteiger partial charge in [0.05, 0.1) is 19.8 Å². The Morgan fingerprint density at radius 3 is 1.27 bits per heavy atom. The lowest BCUT2D eigenvalue weighted by Crippen LogP contribution is -2.61. The van der Waals surface area contributed by atoms with E-state index in [-0.39, 0.29) is 26.1 Å².